The van der Waals surface area contributed by atoms with Gasteiger partial charge in [0.25, 0.3) is 0 Å². The lowest BCUT2D eigenvalue weighted by molar-refractivity contribution is 0.419. The van der Waals surface area contributed by atoms with Crippen molar-refractivity contribution in [1.29, 1.82) is 0 Å². The quantitative estimate of drug-likeness (QED) is 0.571. The molecule has 0 aliphatic heterocycles. The number of H-pyrrole nitrogens is 1. The van der Waals surface area contributed by atoms with Gasteiger partial charge >= 0.3 is 0 Å². The van der Waals surface area contributed by atoms with Crippen LogP contribution in [-0.4, -0.2) is 25.3 Å². The smallest absolute Gasteiger partial charge is 0.213 e. The molecule has 3 aromatic rings. The highest BCUT2D eigenvalue weighted by Gasteiger charge is 2.22. The fourth-order valence-corrected chi connectivity index (χ4v) is 1.94. The zero-order chi connectivity index (χ0) is 12.9. The molecule has 0 radical (unpaired) electrons. The first-order chi connectivity index (χ1) is 8.61. The lowest BCUT2D eigenvalue weighted by Gasteiger charge is -2.06. The summed E-state index contributed by atoms with van der Waals surface area (Å²) in [5, 5.41) is 24.4. The fourth-order valence-electron chi connectivity index (χ4n) is 1.94. The first-order valence-electron chi connectivity index (χ1n) is 5.41. The van der Waals surface area contributed by atoms with Gasteiger partial charge in [-0.1, -0.05) is 5.16 Å². The highest BCUT2D eigenvalue weighted by molar-refractivity contribution is 5.99. The van der Waals surface area contributed by atoms with Crippen LogP contribution in [0.3, 0.4) is 0 Å². The molecule has 6 nitrogen and oxygen atoms in total. The van der Waals surface area contributed by atoms with Gasteiger partial charge < -0.3 is 19.7 Å². The van der Waals surface area contributed by atoms with Crippen molar-refractivity contribution >= 4 is 11.0 Å². The number of phenols is 2. The van der Waals surface area contributed by atoms with E-state index in [9.17, 15) is 10.2 Å². The van der Waals surface area contributed by atoms with Crippen molar-refractivity contribution in [3.8, 4) is 23.0 Å². The van der Waals surface area contributed by atoms with E-state index in [1.807, 2.05) is 0 Å². The molecule has 3 N–H and O–H groups in total. The second-order valence-corrected chi connectivity index (χ2v) is 4.12. The van der Waals surface area contributed by atoms with Gasteiger partial charge in [0, 0.05) is 18.0 Å². The van der Waals surface area contributed by atoms with Crippen LogP contribution in [0.1, 0.15) is 11.1 Å². The Hall–Kier alpha value is -2.50. The third kappa shape index (κ3) is 1.22. The highest BCUT2D eigenvalue weighted by Crippen LogP contribution is 2.42. The summed E-state index contributed by atoms with van der Waals surface area (Å²) in [6.07, 6.45) is 3.22. The van der Waals surface area contributed by atoms with Crippen LogP contribution in [0.5, 0.6) is 11.5 Å². The maximum absolute atomic E-state index is 10.2. The SMILES string of the molecule is Cc1c(C)c(O)c2c(-c3ncc[nH]3)noc2c1O. The molecule has 3 rings (SSSR count). The minimum absolute atomic E-state index is 0.00870. The molecule has 0 saturated heterocycles. The molecule has 2 aromatic heterocycles. The number of fused-ring (bicyclic) bond motifs is 1. The monoisotopic (exact) mass is 245 g/mol. The summed E-state index contributed by atoms with van der Waals surface area (Å²) in [7, 11) is 0. The number of benzene rings is 1. The number of aromatic hydroxyl groups is 2. The number of hydrogen-bond acceptors (Lipinski definition) is 5. The molecular formula is C12H11N3O3. The summed E-state index contributed by atoms with van der Waals surface area (Å²) >= 11 is 0. The molecule has 18 heavy (non-hydrogen) atoms. The summed E-state index contributed by atoms with van der Waals surface area (Å²) in [6.45, 7) is 3.43. The molecule has 92 valence electrons. The van der Waals surface area contributed by atoms with E-state index < -0.39 is 0 Å². The molecule has 0 unspecified atom stereocenters. The van der Waals surface area contributed by atoms with Gasteiger partial charge in [0.2, 0.25) is 5.58 Å². The maximum Gasteiger partial charge on any atom is 0.213 e. The lowest BCUT2D eigenvalue weighted by Crippen LogP contribution is -1.87. The Morgan fingerprint density at radius 1 is 1.17 bits per heavy atom. The van der Waals surface area contributed by atoms with E-state index in [1.54, 1.807) is 26.2 Å². The zero-order valence-corrected chi connectivity index (χ0v) is 9.85. The molecule has 0 atom stereocenters. The molecule has 0 aliphatic rings. The number of aromatic amines is 1. The van der Waals surface area contributed by atoms with Crippen LogP contribution < -0.4 is 0 Å². The average Bonchev–Trinajstić information content (AvgIpc) is 3.01. The average molecular weight is 245 g/mol. The number of nitrogens with one attached hydrogen (secondary N) is 1. The predicted octanol–water partition coefficient (Wildman–Crippen LogP) is 2.25. The Bertz CT molecular complexity index is 729. The minimum atomic E-state index is -0.00870. The highest BCUT2D eigenvalue weighted by atomic mass is 16.5. The number of imidazole rings is 1. The van der Waals surface area contributed by atoms with Gasteiger partial charge in [-0.3, -0.25) is 0 Å². The van der Waals surface area contributed by atoms with Crippen molar-refractivity contribution < 1.29 is 14.7 Å². The Balaban J connectivity index is 2.45. The van der Waals surface area contributed by atoms with Crippen LogP contribution in [0.15, 0.2) is 16.9 Å². The topological polar surface area (TPSA) is 95.2 Å². The summed E-state index contributed by atoms with van der Waals surface area (Å²) in [6, 6.07) is 0. The van der Waals surface area contributed by atoms with Crippen molar-refractivity contribution in [3.63, 3.8) is 0 Å². The van der Waals surface area contributed by atoms with Crippen molar-refractivity contribution in [2.45, 2.75) is 13.8 Å². The molecule has 0 saturated carbocycles. The van der Waals surface area contributed by atoms with Crippen LogP contribution >= 0.6 is 0 Å². The van der Waals surface area contributed by atoms with Gasteiger partial charge in [-0.25, -0.2) is 4.98 Å². The first-order valence-corrected chi connectivity index (χ1v) is 5.41. The Kier molecular flexibility index (Phi) is 2.07. The fraction of sp³-hybridized carbons (Fsp3) is 0.167. The molecule has 6 heteroatoms. The summed E-state index contributed by atoms with van der Waals surface area (Å²) in [4.78, 5) is 6.95. The third-order valence-corrected chi connectivity index (χ3v) is 3.14. The largest absolute Gasteiger partial charge is 0.507 e. The van der Waals surface area contributed by atoms with Gasteiger partial charge in [-0.15, -0.1) is 0 Å². The van der Waals surface area contributed by atoms with Crippen LogP contribution in [-0.2, 0) is 0 Å². The molecule has 0 amide bonds. The number of nitrogens with zero attached hydrogens (tertiary/aromatic N) is 2. The van der Waals surface area contributed by atoms with E-state index in [0.29, 0.717) is 28.0 Å². The standard InChI is InChI=1S/C12H11N3O3/c1-5-6(2)10(17)11-7(9(5)16)8(15-18-11)12-13-3-4-14-12/h3-4,16-17H,1-2H3,(H,13,14). The number of phenolic OH excluding ortho intramolecular Hbond substituents is 2. The molecular weight excluding hydrogens is 234 g/mol. The Morgan fingerprint density at radius 3 is 2.56 bits per heavy atom. The van der Waals surface area contributed by atoms with Gasteiger partial charge in [0.1, 0.15) is 5.75 Å². The summed E-state index contributed by atoms with van der Waals surface area (Å²) in [5.41, 5.74) is 1.71. The van der Waals surface area contributed by atoms with E-state index in [1.165, 1.54) is 0 Å². The molecule has 0 bridgehead atoms. The van der Waals surface area contributed by atoms with Gasteiger partial charge in [0.05, 0.1) is 5.39 Å². The van der Waals surface area contributed by atoms with Gasteiger partial charge in [-0.2, -0.15) is 0 Å². The van der Waals surface area contributed by atoms with Crippen LogP contribution in [0.4, 0.5) is 0 Å². The van der Waals surface area contributed by atoms with E-state index >= 15 is 0 Å². The molecule has 0 spiro atoms. The van der Waals surface area contributed by atoms with Crippen LogP contribution in [0, 0.1) is 13.8 Å². The summed E-state index contributed by atoms with van der Waals surface area (Å²) < 4.78 is 5.10. The van der Waals surface area contributed by atoms with Crippen molar-refractivity contribution in [2.24, 2.45) is 0 Å². The first kappa shape index (κ1) is 10.6. The second-order valence-electron chi connectivity index (χ2n) is 4.12. The second kappa shape index (κ2) is 3.49. The van der Waals surface area contributed by atoms with E-state index in [2.05, 4.69) is 15.1 Å². The van der Waals surface area contributed by atoms with E-state index in [0.717, 1.165) is 0 Å². The van der Waals surface area contributed by atoms with Crippen LogP contribution in [0.2, 0.25) is 0 Å². The van der Waals surface area contributed by atoms with E-state index in [-0.39, 0.29) is 17.1 Å². The Morgan fingerprint density at radius 2 is 1.89 bits per heavy atom. The minimum Gasteiger partial charge on any atom is -0.507 e. The van der Waals surface area contributed by atoms with E-state index in [4.69, 9.17) is 4.52 Å². The molecule has 0 aliphatic carbocycles. The maximum atomic E-state index is 10.2. The number of aromatic nitrogens is 3. The molecule has 0 fully saturated rings. The summed E-state index contributed by atoms with van der Waals surface area (Å²) in [5.74, 6) is 0.519. The Labute approximate surface area is 102 Å². The molecule has 2 heterocycles. The zero-order valence-electron chi connectivity index (χ0n) is 9.85. The van der Waals surface area contributed by atoms with Gasteiger partial charge in [0.15, 0.2) is 17.3 Å². The lowest BCUT2D eigenvalue weighted by atomic mass is 10.0. The number of hydrogen-bond donors (Lipinski definition) is 3. The molecule has 1 aromatic carbocycles. The van der Waals surface area contributed by atoms with Crippen molar-refractivity contribution in [3.05, 3.63) is 23.5 Å². The predicted molar refractivity (Wildman–Crippen MR) is 64.4 cm³/mol. The third-order valence-electron chi connectivity index (χ3n) is 3.14. The van der Waals surface area contributed by atoms with Gasteiger partial charge in [-0.05, 0) is 19.4 Å². The van der Waals surface area contributed by atoms with Crippen molar-refractivity contribution in [2.75, 3.05) is 0 Å². The normalized spacial score (nSPS) is 11.2. The van der Waals surface area contributed by atoms with Crippen molar-refractivity contribution in [1.82, 2.24) is 15.1 Å². The van der Waals surface area contributed by atoms with Crippen LogP contribution in [0.25, 0.3) is 22.5 Å². The number of rotatable bonds is 1.